The summed E-state index contributed by atoms with van der Waals surface area (Å²) in [5.74, 6) is -0.911. The van der Waals surface area contributed by atoms with Crippen molar-refractivity contribution in [1.29, 1.82) is 0 Å². The summed E-state index contributed by atoms with van der Waals surface area (Å²) >= 11 is 0. The number of hydrogen-bond acceptors (Lipinski definition) is 5. The van der Waals surface area contributed by atoms with Gasteiger partial charge in [-0.1, -0.05) is 47.5 Å². The highest BCUT2D eigenvalue weighted by atomic mass is 16.3. The largest absolute Gasteiger partial charge is 0.507 e. The molecule has 0 fully saturated rings. The molecule has 4 aromatic rings. The van der Waals surface area contributed by atoms with E-state index in [1.165, 1.54) is 6.07 Å². The van der Waals surface area contributed by atoms with Crippen molar-refractivity contribution < 1.29 is 14.7 Å². The van der Waals surface area contributed by atoms with E-state index < -0.39 is 0 Å². The monoisotopic (exact) mass is 434 g/mol. The number of benzene rings is 4. The maximum absolute atomic E-state index is 13.6. The van der Waals surface area contributed by atoms with Gasteiger partial charge in [0.05, 0.1) is 28.1 Å². The van der Waals surface area contributed by atoms with Crippen LogP contribution in [0.2, 0.25) is 0 Å². The molecule has 4 aromatic carbocycles. The number of carbonyl (C=O) groups excluding carboxylic acids is 2. The SMILES string of the molecule is Cc1ccc(Nc2cccc3c2C(=O)c2c(O)ccc(Nc4ccc(C)cc4)c2C3=O)cc1. The van der Waals surface area contributed by atoms with Gasteiger partial charge in [-0.05, 0) is 56.3 Å². The number of phenolic OH excluding ortho intramolecular Hbond substituents is 1. The topological polar surface area (TPSA) is 78.4 Å². The van der Waals surface area contributed by atoms with E-state index in [2.05, 4.69) is 10.6 Å². The molecule has 3 N–H and O–H groups in total. The average molecular weight is 434 g/mol. The zero-order chi connectivity index (χ0) is 23.1. The normalized spacial score (nSPS) is 12.2. The molecule has 0 saturated heterocycles. The van der Waals surface area contributed by atoms with E-state index in [0.29, 0.717) is 16.9 Å². The number of ketones is 2. The molecule has 0 heterocycles. The van der Waals surface area contributed by atoms with E-state index in [1.54, 1.807) is 24.3 Å². The van der Waals surface area contributed by atoms with Crippen molar-refractivity contribution in [2.45, 2.75) is 13.8 Å². The van der Waals surface area contributed by atoms with E-state index in [9.17, 15) is 14.7 Å². The highest BCUT2D eigenvalue weighted by Gasteiger charge is 2.36. The van der Waals surface area contributed by atoms with Gasteiger partial charge in [0, 0.05) is 16.9 Å². The first-order valence-corrected chi connectivity index (χ1v) is 10.7. The fourth-order valence-corrected chi connectivity index (χ4v) is 4.10. The van der Waals surface area contributed by atoms with Crippen LogP contribution >= 0.6 is 0 Å². The Hall–Kier alpha value is -4.38. The van der Waals surface area contributed by atoms with Crippen LogP contribution in [-0.4, -0.2) is 16.7 Å². The van der Waals surface area contributed by atoms with Crippen molar-refractivity contribution >= 4 is 34.3 Å². The predicted molar refractivity (Wildman–Crippen MR) is 130 cm³/mol. The molecule has 0 amide bonds. The van der Waals surface area contributed by atoms with E-state index >= 15 is 0 Å². The second-order valence-electron chi connectivity index (χ2n) is 8.25. The third kappa shape index (κ3) is 3.64. The molecule has 5 nitrogen and oxygen atoms in total. The van der Waals surface area contributed by atoms with Crippen LogP contribution in [0.1, 0.15) is 43.0 Å². The van der Waals surface area contributed by atoms with Crippen molar-refractivity contribution in [3.05, 3.63) is 112 Å². The summed E-state index contributed by atoms with van der Waals surface area (Å²) in [6.45, 7) is 3.99. The van der Waals surface area contributed by atoms with Gasteiger partial charge in [0.25, 0.3) is 0 Å². The maximum atomic E-state index is 13.6. The lowest BCUT2D eigenvalue weighted by Gasteiger charge is -2.24. The first-order chi connectivity index (χ1) is 15.9. The molecule has 33 heavy (non-hydrogen) atoms. The molecule has 0 aliphatic heterocycles. The minimum atomic E-state index is -0.389. The molecule has 0 bridgehead atoms. The highest BCUT2D eigenvalue weighted by molar-refractivity contribution is 6.32. The van der Waals surface area contributed by atoms with Gasteiger partial charge in [0.1, 0.15) is 5.75 Å². The standard InChI is InChI=1S/C28H22N2O3/c1-16-6-10-18(11-7-16)29-21-5-3-4-20-24(21)28(33)26-23(31)15-14-22(25(26)27(20)32)30-19-12-8-17(2)9-13-19/h3-15,29-31H,1-2H3. The molecule has 5 heteroatoms. The van der Waals surface area contributed by atoms with Gasteiger partial charge < -0.3 is 15.7 Å². The van der Waals surface area contributed by atoms with Crippen LogP contribution in [0.15, 0.2) is 78.9 Å². The number of carbonyl (C=O) groups is 2. The van der Waals surface area contributed by atoms with E-state index in [0.717, 1.165) is 22.5 Å². The summed E-state index contributed by atoms with van der Waals surface area (Å²) in [5, 5.41) is 17.1. The molecule has 0 spiro atoms. The third-order valence-corrected chi connectivity index (χ3v) is 5.83. The number of nitrogens with one attached hydrogen (secondary N) is 2. The first kappa shape index (κ1) is 20.5. The van der Waals surface area contributed by atoms with Crippen LogP contribution in [0.4, 0.5) is 22.7 Å². The summed E-state index contributed by atoms with van der Waals surface area (Å²) in [6.07, 6.45) is 0. The lowest BCUT2D eigenvalue weighted by Crippen LogP contribution is -2.23. The van der Waals surface area contributed by atoms with Gasteiger partial charge in [-0.3, -0.25) is 9.59 Å². The molecule has 0 unspecified atom stereocenters. The Bertz CT molecular complexity index is 1400. The molecule has 0 atom stereocenters. The number of anilines is 4. The lowest BCUT2D eigenvalue weighted by atomic mass is 9.81. The molecule has 0 aromatic heterocycles. The van der Waals surface area contributed by atoms with Gasteiger partial charge in [0.15, 0.2) is 11.6 Å². The number of hydrogen-bond donors (Lipinski definition) is 3. The summed E-state index contributed by atoms with van der Waals surface area (Å²) in [6, 6.07) is 23.7. The minimum Gasteiger partial charge on any atom is -0.507 e. The molecule has 1 aliphatic carbocycles. The molecule has 5 rings (SSSR count). The fourth-order valence-electron chi connectivity index (χ4n) is 4.10. The Morgan fingerprint density at radius 2 is 1.12 bits per heavy atom. The third-order valence-electron chi connectivity index (χ3n) is 5.83. The summed E-state index contributed by atoms with van der Waals surface area (Å²) in [7, 11) is 0. The van der Waals surface area contributed by atoms with Crippen molar-refractivity contribution in [3.8, 4) is 5.75 Å². The summed E-state index contributed by atoms with van der Waals surface area (Å²) in [5.41, 5.74) is 5.60. The molecular formula is C28H22N2O3. The van der Waals surface area contributed by atoms with Gasteiger partial charge in [0.2, 0.25) is 0 Å². The molecule has 0 saturated carbocycles. The lowest BCUT2D eigenvalue weighted by molar-refractivity contribution is 0.0978. The second-order valence-corrected chi connectivity index (χ2v) is 8.25. The van der Waals surface area contributed by atoms with Crippen LogP contribution in [0.5, 0.6) is 5.75 Å². The van der Waals surface area contributed by atoms with Crippen molar-refractivity contribution in [2.75, 3.05) is 10.6 Å². The Kier molecular flexibility index (Phi) is 4.94. The number of rotatable bonds is 4. The van der Waals surface area contributed by atoms with E-state index in [1.807, 2.05) is 62.4 Å². The Labute approximate surface area is 191 Å². The van der Waals surface area contributed by atoms with Crippen molar-refractivity contribution in [2.24, 2.45) is 0 Å². The van der Waals surface area contributed by atoms with Crippen LogP contribution in [-0.2, 0) is 0 Å². The number of aromatic hydroxyl groups is 1. The highest BCUT2D eigenvalue weighted by Crippen LogP contribution is 2.40. The zero-order valence-corrected chi connectivity index (χ0v) is 18.3. The van der Waals surface area contributed by atoms with Crippen LogP contribution in [0.3, 0.4) is 0 Å². The Morgan fingerprint density at radius 1 is 0.576 bits per heavy atom. The number of aryl methyl sites for hydroxylation is 2. The van der Waals surface area contributed by atoms with E-state index in [4.69, 9.17) is 0 Å². The molecule has 1 aliphatic rings. The van der Waals surface area contributed by atoms with E-state index in [-0.39, 0.29) is 34.0 Å². The molecule has 162 valence electrons. The summed E-state index contributed by atoms with van der Waals surface area (Å²) < 4.78 is 0. The Morgan fingerprint density at radius 3 is 1.70 bits per heavy atom. The van der Waals surface area contributed by atoms with Crippen LogP contribution in [0.25, 0.3) is 0 Å². The second kappa shape index (κ2) is 7.95. The zero-order valence-electron chi connectivity index (χ0n) is 18.3. The Balaban J connectivity index is 1.60. The molecule has 0 radical (unpaired) electrons. The summed E-state index contributed by atoms with van der Waals surface area (Å²) in [4.78, 5) is 27.2. The van der Waals surface area contributed by atoms with Crippen LogP contribution < -0.4 is 10.6 Å². The fraction of sp³-hybridized carbons (Fsp3) is 0.0714. The van der Waals surface area contributed by atoms with Gasteiger partial charge in [-0.2, -0.15) is 0 Å². The number of fused-ring (bicyclic) bond motifs is 2. The van der Waals surface area contributed by atoms with Crippen molar-refractivity contribution in [1.82, 2.24) is 0 Å². The maximum Gasteiger partial charge on any atom is 0.200 e. The minimum absolute atomic E-state index is 0.0165. The quantitative estimate of drug-likeness (QED) is 0.291. The number of phenols is 1. The first-order valence-electron chi connectivity index (χ1n) is 10.7. The smallest absolute Gasteiger partial charge is 0.200 e. The van der Waals surface area contributed by atoms with Crippen molar-refractivity contribution in [3.63, 3.8) is 0 Å². The van der Waals surface area contributed by atoms with Gasteiger partial charge >= 0.3 is 0 Å². The average Bonchev–Trinajstić information content (AvgIpc) is 2.81. The predicted octanol–water partition coefficient (Wildman–Crippen LogP) is 6.27. The van der Waals surface area contributed by atoms with Gasteiger partial charge in [-0.15, -0.1) is 0 Å². The molecular weight excluding hydrogens is 412 g/mol. The van der Waals surface area contributed by atoms with Crippen LogP contribution in [0, 0.1) is 13.8 Å². The van der Waals surface area contributed by atoms with Gasteiger partial charge in [-0.25, -0.2) is 0 Å².